The molecule has 5 nitrogen and oxygen atoms in total. The predicted molar refractivity (Wildman–Crippen MR) is 119 cm³/mol. The van der Waals surface area contributed by atoms with E-state index in [0.717, 1.165) is 11.1 Å². The third-order valence-electron chi connectivity index (χ3n) is 4.40. The fourth-order valence-corrected chi connectivity index (χ4v) is 4.27. The summed E-state index contributed by atoms with van der Waals surface area (Å²) in [6.45, 7) is 0.254. The van der Waals surface area contributed by atoms with Crippen molar-refractivity contribution in [2.24, 2.45) is 0 Å². The lowest BCUT2D eigenvalue weighted by molar-refractivity contribution is -0.122. The third-order valence-corrected chi connectivity index (χ3v) is 6.39. The van der Waals surface area contributed by atoms with E-state index in [0.29, 0.717) is 10.0 Å². The molecule has 0 aliphatic rings. The number of halogens is 2. The molecule has 0 fully saturated rings. The van der Waals surface area contributed by atoms with Gasteiger partial charge < -0.3 is 5.32 Å². The van der Waals surface area contributed by atoms with E-state index >= 15 is 0 Å². The maximum Gasteiger partial charge on any atom is 0.241 e. The van der Waals surface area contributed by atoms with E-state index in [2.05, 4.69) is 10.0 Å². The first-order valence-electron chi connectivity index (χ1n) is 9.17. The van der Waals surface area contributed by atoms with Gasteiger partial charge in [0.1, 0.15) is 6.04 Å². The van der Waals surface area contributed by atoms with Crippen LogP contribution < -0.4 is 10.0 Å². The molecule has 0 saturated heterocycles. The highest BCUT2D eigenvalue weighted by Gasteiger charge is 2.26. The smallest absolute Gasteiger partial charge is 0.241 e. The van der Waals surface area contributed by atoms with Gasteiger partial charge in [0.05, 0.1) is 4.90 Å². The zero-order valence-electron chi connectivity index (χ0n) is 15.9. The van der Waals surface area contributed by atoms with Crippen molar-refractivity contribution in [2.45, 2.75) is 23.9 Å². The predicted octanol–water partition coefficient (Wildman–Crippen LogP) is 4.20. The standard InChI is InChI=1S/C22H20Cl2N2O3S/c23-18-8-6-17(7-9-18)15-25-22(27)21(14-16-4-2-1-3-5-16)26-30(28,29)20-12-10-19(24)11-13-20/h1-13,21,26H,14-15H2,(H,25,27)/t21-/m0/s1. The van der Waals surface area contributed by atoms with Gasteiger partial charge in [0.25, 0.3) is 0 Å². The summed E-state index contributed by atoms with van der Waals surface area (Å²) >= 11 is 11.7. The molecule has 0 heterocycles. The largest absolute Gasteiger partial charge is 0.351 e. The van der Waals surface area contributed by atoms with E-state index in [1.54, 1.807) is 24.3 Å². The average molecular weight is 463 g/mol. The molecule has 2 N–H and O–H groups in total. The van der Waals surface area contributed by atoms with Gasteiger partial charge in [-0.3, -0.25) is 4.79 Å². The Morgan fingerprint density at radius 3 is 1.97 bits per heavy atom. The highest BCUT2D eigenvalue weighted by Crippen LogP contribution is 2.15. The van der Waals surface area contributed by atoms with Crippen LogP contribution >= 0.6 is 23.2 Å². The Bertz CT molecular complexity index is 1090. The molecule has 0 aromatic heterocycles. The highest BCUT2D eigenvalue weighted by molar-refractivity contribution is 7.89. The first kappa shape index (κ1) is 22.3. The van der Waals surface area contributed by atoms with Gasteiger partial charge in [-0.25, -0.2) is 8.42 Å². The van der Waals surface area contributed by atoms with Crippen LogP contribution in [0.15, 0.2) is 83.8 Å². The Hall–Kier alpha value is -2.38. The molecule has 3 aromatic carbocycles. The Morgan fingerprint density at radius 2 is 1.37 bits per heavy atom. The summed E-state index contributed by atoms with van der Waals surface area (Å²) < 4.78 is 28.1. The molecule has 30 heavy (non-hydrogen) atoms. The van der Waals surface area contributed by atoms with Gasteiger partial charge >= 0.3 is 0 Å². The first-order chi connectivity index (χ1) is 14.3. The van der Waals surface area contributed by atoms with Crippen molar-refractivity contribution in [3.05, 3.63) is 100 Å². The van der Waals surface area contributed by atoms with Crippen LogP contribution in [0.3, 0.4) is 0 Å². The molecular weight excluding hydrogens is 443 g/mol. The van der Waals surface area contributed by atoms with Gasteiger partial charge in [0, 0.05) is 16.6 Å². The number of nitrogens with one attached hydrogen (secondary N) is 2. The van der Waals surface area contributed by atoms with Crippen molar-refractivity contribution in [1.82, 2.24) is 10.0 Å². The molecule has 0 aliphatic carbocycles. The van der Waals surface area contributed by atoms with Crippen LogP contribution in [0, 0.1) is 0 Å². The summed E-state index contributed by atoms with van der Waals surface area (Å²) in [5, 5.41) is 3.82. The summed E-state index contributed by atoms with van der Waals surface area (Å²) in [5.41, 5.74) is 1.69. The maximum absolute atomic E-state index is 12.9. The maximum atomic E-state index is 12.9. The van der Waals surface area contributed by atoms with Crippen molar-refractivity contribution in [2.75, 3.05) is 0 Å². The minimum absolute atomic E-state index is 0.0375. The van der Waals surface area contributed by atoms with Crippen LogP contribution in [0.5, 0.6) is 0 Å². The lowest BCUT2D eigenvalue weighted by Crippen LogP contribution is -2.47. The van der Waals surface area contributed by atoms with Crippen LogP contribution in [0.2, 0.25) is 10.0 Å². The Balaban J connectivity index is 1.77. The van der Waals surface area contributed by atoms with Gasteiger partial charge in [-0.2, -0.15) is 4.72 Å². The summed E-state index contributed by atoms with van der Waals surface area (Å²) in [6, 6.07) is 21.1. The van der Waals surface area contributed by atoms with Gasteiger partial charge in [-0.1, -0.05) is 65.7 Å². The first-order valence-corrected chi connectivity index (χ1v) is 11.4. The number of benzene rings is 3. The van der Waals surface area contributed by atoms with Gasteiger partial charge in [0.15, 0.2) is 0 Å². The average Bonchev–Trinajstić information content (AvgIpc) is 2.73. The summed E-state index contributed by atoms with van der Waals surface area (Å²) in [6.07, 6.45) is 0.208. The molecule has 3 rings (SSSR count). The van der Waals surface area contributed by atoms with Crippen LogP contribution in [-0.2, 0) is 27.8 Å². The molecule has 1 amide bonds. The zero-order valence-corrected chi connectivity index (χ0v) is 18.2. The topological polar surface area (TPSA) is 75.3 Å². The second-order valence-corrected chi connectivity index (χ2v) is 9.25. The molecule has 0 unspecified atom stereocenters. The van der Waals surface area contributed by atoms with Crippen LogP contribution in [0.1, 0.15) is 11.1 Å². The second-order valence-electron chi connectivity index (χ2n) is 6.66. The zero-order chi connectivity index (χ0) is 21.6. The number of amides is 1. The normalized spacial score (nSPS) is 12.3. The summed E-state index contributed by atoms with van der Waals surface area (Å²) in [7, 11) is -3.92. The third kappa shape index (κ3) is 6.31. The van der Waals surface area contributed by atoms with E-state index in [1.807, 2.05) is 30.3 Å². The lowest BCUT2D eigenvalue weighted by atomic mass is 10.1. The molecule has 0 radical (unpaired) electrons. The summed E-state index contributed by atoms with van der Waals surface area (Å²) in [5.74, 6) is -0.425. The Kier molecular flexibility index (Phi) is 7.50. The number of sulfonamides is 1. The molecule has 8 heteroatoms. The van der Waals surface area contributed by atoms with Crippen molar-refractivity contribution in [3.8, 4) is 0 Å². The molecule has 0 spiro atoms. The van der Waals surface area contributed by atoms with Crippen molar-refractivity contribution < 1.29 is 13.2 Å². The Labute approximate surface area is 186 Å². The number of hydrogen-bond donors (Lipinski definition) is 2. The second kappa shape index (κ2) is 10.1. The minimum atomic E-state index is -3.92. The lowest BCUT2D eigenvalue weighted by Gasteiger charge is -2.19. The number of hydrogen-bond acceptors (Lipinski definition) is 3. The monoisotopic (exact) mass is 462 g/mol. The molecule has 1 atom stereocenters. The fraction of sp³-hybridized carbons (Fsp3) is 0.136. The Morgan fingerprint density at radius 1 is 0.800 bits per heavy atom. The number of carbonyl (C=O) groups excluding carboxylic acids is 1. The van der Waals surface area contributed by atoms with Gasteiger partial charge in [-0.05, 0) is 53.9 Å². The van der Waals surface area contributed by atoms with Crippen molar-refractivity contribution in [3.63, 3.8) is 0 Å². The molecule has 3 aromatic rings. The van der Waals surface area contributed by atoms with Crippen molar-refractivity contribution >= 4 is 39.1 Å². The van der Waals surface area contributed by atoms with Crippen LogP contribution in [-0.4, -0.2) is 20.4 Å². The van der Waals surface area contributed by atoms with E-state index in [9.17, 15) is 13.2 Å². The number of carbonyl (C=O) groups is 1. The quantitative estimate of drug-likeness (QED) is 0.526. The van der Waals surface area contributed by atoms with Gasteiger partial charge in [-0.15, -0.1) is 0 Å². The minimum Gasteiger partial charge on any atom is -0.351 e. The number of rotatable bonds is 8. The molecular formula is C22H20Cl2N2O3S. The van der Waals surface area contributed by atoms with Gasteiger partial charge in [0.2, 0.25) is 15.9 Å². The van der Waals surface area contributed by atoms with Crippen molar-refractivity contribution in [1.29, 1.82) is 0 Å². The fourth-order valence-electron chi connectivity index (χ4n) is 2.82. The summed E-state index contributed by atoms with van der Waals surface area (Å²) in [4.78, 5) is 12.9. The molecule has 0 bridgehead atoms. The van der Waals surface area contributed by atoms with E-state index in [4.69, 9.17) is 23.2 Å². The molecule has 156 valence electrons. The molecule has 0 saturated carbocycles. The SMILES string of the molecule is O=C(NCc1ccc(Cl)cc1)[C@H](Cc1ccccc1)NS(=O)(=O)c1ccc(Cl)cc1. The highest BCUT2D eigenvalue weighted by atomic mass is 35.5. The van der Waals surface area contributed by atoms with E-state index in [1.165, 1.54) is 24.3 Å². The van der Waals surface area contributed by atoms with Crippen LogP contribution in [0.4, 0.5) is 0 Å². The molecule has 0 aliphatic heterocycles. The van der Waals surface area contributed by atoms with E-state index in [-0.39, 0.29) is 17.9 Å². The van der Waals surface area contributed by atoms with Crippen LogP contribution in [0.25, 0.3) is 0 Å². The van der Waals surface area contributed by atoms with E-state index < -0.39 is 22.0 Å².